The molecule has 0 bridgehead atoms. The van der Waals surface area contributed by atoms with E-state index in [0.29, 0.717) is 5.82 Å². The van der Waals surface area contributed by atoms with Crippen LogP contribution >= 0.6 is 0 Å². The Labute approximate surface area is 153 Å². The first-order valence-corrected chi connectivity index (χ1v) is 9.76. The molecule has 26 heavy (non-hydrogen) atoms. The van der Waals surface area contributed by atoms with Crippen LogP contribution < -0.4 is 5.73 Å². The molecule has 6 nitrogen and oxygen atoms in total. The highest BCUT2D eigenvalue weighted by Gasteiger charge is 2.22. The van der Waals surface area contributed by atoms with Crippen LogP contribution in [0.4, 0.5) is 5.82 Å². The SMILES string of the molecule is CCCn1nc2c(N)nc3c(c2c1CCCc1cc(C)no1)CCCC3. The Morgan fingerprint density at radius 1 is 1.23 bits per heavy atom. The number of rotatable bonds is 6. The van der Waals surface area contributed by atoms with E-state index >= 15 is 0 Å². The van der Waals surface area contributed by atoms with Crippen LogP contribution in [0.3, 0.4) is 0 Å². The van der Waals surface area contributed by atoms with Gasteiger partial charge in [-0.05, 0) is 57.4 Å². The molecule has 3 aromatic rings. The second-order valence-corrected chi connectivity index (χ2v) is 7.31. The lowest BCUT2D eigenvalue weighted by molar-refractivity contribution is 0.376. The van der Waals surface area contributed by atoms with E-state index in [2.05, 4.69) is 21.7 Å². The molecule has 4 rings (SSSR count). The Morgan fingerprint density at radius 2 is 2.08 bits per heavy atom. The molecule has 0 fully saturated rings. The van der Waals surface area contributed by atoms with Gasteiger partial charge in [-0.25, -0.2) is 4.98 Å². The Hall–Kier alpha value is -2.37. The molecule has 2 N–H and O–H groups in total. The molecule has 0 atom stereocenters. The molecule has 0 radical (unpaired) electrons. The van der Waals surface area contributed by atoms with Crippen molar-refractivity contribution in [2.45, 2.75) is 71.8 Å². The summed E-state index contributed by atoms with van der Waals surface area (Å²) in [6.45, 7) is 5.06. The first kappa shape index (κ1) is 17.1. The standard InChI is InChI=1S/C20H27N5O/c1-3-11-25-17(10-6-7-14-12-13(2)24-26-14)18-15-8-4-5-9-16(15)22-20(21)19(18)23-25/h12H,3-11H2,1-2H3,(H2,21,22). The highest BCUT2D eigenvalue weighted by atomic mass is 16.5. The zero-order valence-electron chi connectivity index (χ0n) is 15.7. The van der Waals surface area contributed by atoms with Crippen LogP contribution in [0.2, 0.25) is 0 Å². The number of hydrogen-bond donors (Lipinski definition) is 1. The topological polar surface area (TPSA) is 82.8 Å². The van der Waals surface area contributed by atoms with Crippen molar-refractivity contribution in [3.8, 4) is 0 Å². The van der Waals surface area contributed by atoms with Crippen LogP contribution in [0.15, 0.2) is 10.6 Å². The zero-order chi connectivity index (χ0) is 18.1. The van der Waals surface area contributed by atoms with Gasteiger partial charge in [-0.3, -0.25) is 4.68 Å². The molecule has 0 aliphatic heterocycles. The van der Waals surface area contributed by atoms with Crippen LogP contribution in [-0.4, -0.2) is 19.9 Å². The summed E-state index contributed by atoms with van der Waals surface area (Å²) in [5.74, 6) is 1.54. The van der Waals surface area contributed by atoms with E-state index in [4.69, 9.17) is 15.4 Å². The molecular formula is C20H27N5O. The van der Waals surface area contributed by atoms with E-state index in [0.717, 1.165) is 62.0 Å². The fourth-order valence-electron chi connectivity index (χ4n) is 4.09. The van der Waals surface area contributed by atoms with Crippen LogP contribution in [0.1, 0.15) is 61.0 Å². The molecule has 0 aromatic carbocycles. The summed E-state index contributed by atoms with van der Waals surface area (Å²) in [6.07, 6.45) is 8.47. The van der Waals surface area contributed by atoms with Crippen molar-refractivity contribution in [1.29, 1.82) is 0 Å². The third kappa shape index (κ3) is 3.08. The quantitative estimate of drug-likeness (QED) is 0.729. The van der Waals surface area contributed by atoms with Crippen LogP contribution in [0, 0.1) is 6.92 Å². The smallest absolute Gasteiger partial charge is 0.152 e. The van der Waals surface area contributed by atoms with E-state index in [1.54, 1.807) is 0 Å². The molecule has 0 unspecified atom stereocenters. The summed E-state index contributed by atoms with van der Waals surface area (Å²) >= 11 is 0. The molecule has 3 heterocycles. The summed E-state index contributed by atoms with van der Waals surface area (Å²) in [4.78, 5) is 4.67. The number of anilines is 1. The summed E-state index contributed by atoms with van der Waals surface area (Å²) in [5, 5.41) is 10.1. The summed E-state index contributed by atoms with van der Waals surface area (Å²) in [5.41, 5.74) is 12.0. The van der Waals surface area contributed by atoms with Gasteiger partial charge in [0, 0.05) is 35.8 Å². The van der Waals surface area contributed by atoms with E-state index in [1.165, 1.54) is 35.2 Å². The molecule has 3 aromatic heterocycles. The first-order chi connectivity index (χ1) is 12.7. The molecule has 1 aliphatic rings. The number of nitrogens with zero attached hydrogens (tertiary/aromatic N) is 4. The predicted octanol–water partition coefficient (Wildman–Crippen LogP) is 3.77. The minimum absolute atomic E-state index is 0.586. The minimum Gasteiger partial charge on any atom is -0.382 e. The Morgan fingerprint density at radius 3 is 2.85 bits per heavy atom. The normalized spacial score (nSPS) is 14.1. The number of fused-ring (bicyclic) bond motifs is 3. The lowest BCUT2D eigenvalue weighted by Gasteiger charge is -2.17. The van der Waals surface area contributed by atoms with Gasteiger partial charge in [0.15, 0.2) is 5.82 Å². The molecule has 0 amide bonds. The van der Waals surface area contributed by atoms with Crippen LogP contribution in [-0.2, 0) is 32.2 Å². The number of nitrogens with two attached hydrogens (primary N) is 1. The van der Waals surface area contributed by atoms with E-state index in [1.807, 2.05) is 13.0 Å². The van der Waals surface area contributed by atoms with E-state index in [-0.39, 0.29) is 0 Å². The fourth-order valence-corrected chi connectivity index (χ4v) is 4.09. The summed E-state index contributed by atoms with van der Waals surface area (Å²) < 4.78 is 7.51. The molecule has 138 valence electrons. The third-order valence-corrected chi connectivity index (χ3v) is 5.25. The highest BCUT2D eigenvalue weighted by Crippen LogP contribution is 2.33. The number of nitrogen functional groups attached to an aromatic ring is 1. The van der Waals surface area contributed by atoms with Crippen LogP contribution in [0.5, 0.6) is 0 Å². The number of aryl methyl sites for hydroxylation is 6. The number of aromatic nitrogens is 4. The van der Waals surface area contributed by atoms with Crippen molar-refractivity contribution < 1.29 is 4.52 Å². The van der Waals surface area contributed by atoms with Gasteiger partial charge in [0.1, 0.15) is 11.3 Å². The maximum atomic E-state index is 6.27. The van der Waals surface area contributed by atoms with Crippen molar-refractivity contribution in [1.82, 2.24) is 19.9 Å². The molecule has 0 spiro atoms. The average Bonchev–Trinajstić information content (AvgIpc) is 3.20. The zero-order valence-corrected chi connectivity index (χ0v) is 15.7. The summed E-state index contributed by atoms with van der Waals surface area (Å²) in [6, 6.07) is 2.02. The highest BCUT2D eigenvalue weighted by molar-refractivity contribution is 5.93. The fraction of sp³-hybridized carbons (Fsp3) is 0.550. The van der Waals surface area contributed by atoms with Gasteiger partial charge in [0.05, 0.1) is 5.69 Å². The van der Waals surface area contributed by atoms with Gasteiger partial charge in [0.25, 0.3) is 0 Å². The van der Waals surface area contributed by atoms with Gasteiger partial charge in [0.2, 0.25) is 0 Å². The lowest BCUT2D eigenvalue weighted by atomic mass is 9.91. The van der Waals surface area contributed by atoms with Gasteiger partial charge >= 0.3 is 0 Å². The van der Waals surface area contributed by atoms with Crippen molar-refractivity contribution >= 4 is 16.7 Å². The monoisotopic (exact) mass is 353 g/mol. The third-order valence-electron chi connectivity index (χ3n) is 5.25. The second-order valence-electron chi connectivity index (χ2n) is 7.31. The lowest BCUT2D eigenvalue weighted by Crippen LogP contribution is -2.09. The molecule has 6 heteroatoms. The Balaban J connectivity index is 1.70. The predicted molar refractivity (Wildman–Crippen MR) is 102 cm³/mol. The summed E-state index contributed by atoms with van der Waals surface area (Å²) in [7, 11) is 0. The van der Waals surface area contributed by atoms with Crippen molar-refractivity contribution in [2.24, 2.45) is 0 Å². The van der Waals surface area contributed by atoms with Gasteiger partial charge in [-0.2, -0.15) is 5.10 Å². The molecule has 0 saturated carbocycles. The second kappa shape index (κ2) is 7.09. The van der Waals surface area contributed by atoms with E-state index in [9.17, 15) is 0 Å². The molecule has 0 saturated heterocycles. The molecule has 1 aliphatic carbocycles. The molecular weight excluding hydrogens is 326 g/mol. The maximum Gasteiger partial charge on any atom is 0.152 e. The van der Waals surface area contributed by atoms with Gasteiger partial charge in [-0.15, -0.1) is 0 Å². The van der Waals surface area contributed by atoms with E-state index < -0.39 is 0 Å². The van der Waals surface area contributed by atoms with Gasteiger partial charge < -0.3 is 10.3 Å². The van der Waals surface area contributed by atoms with Crippen molar-refractivity contribution in [3.63, 3.8) is 0 Å². The van der Waals surface area contributed by atoms with Crippen molar-refractivity contribution in [2.75, 3.05) is 5.73 Å². The minimum atomic E-state index is 0.586. The largest absolute Gasteiger partial charge is 0.382 e. The van der Waals surface area contributed by atoms with Crippen molar-refractivity contribution in [3.05, 3.63) is 34.5 Å². The number of pyridine rings is 1. The Kier molecular flexibility index (Phi) is 4.66. The average molecular weight is 353 g/mol. The number of hydrogen-bond acceptors (Lipinski definition) is 5. The Bertz CT molecular complexity index is 924. The van der Waals surface area contributed by atoms with Gasteiger partial charge in [-0.1, -0.05) is 12.1 Å². The van der Waals surface area contributed by atoms with Crippen LogP contribution in [0.25, 0.3) is 10.9 Å². The maximum absolute atomic E-state index is 6.27. The first-order valence-electron chi connectivity index (χ1n) is 9.76.